The number of carbonyl (C=O) groups is 2. The molecule has 0 aliphatic rings. The van der Waals surface area contributed by atoms with Crippen molar-refractivity contribution in [1.29, 1.82) is 0 Å². The van der Waals surface area contributed by atoms with Crippen LogP contribution in [0, 0.1) is 5.82 Å². The van der Waals surface area contributed by atoms with Crippen molar-refractivity contribution < 1.29 is 18.7 Å². The summed E-state index contributed by atoms with van der Waals surface area (Å²) in [4.78, 5) is 29.3. The number of hydrogen-bond donors (Lipinski definition) is 1. The number of halogens is 1. The predicted molar refractivity (Wildman–Crippen MR) is 143 cm³/mol. The molecule has 0 bridgehead atoms. The van der Waals surface area contributed by atoms with E-state index in [9.17, 15) is 14.0 Å². The van der Waals surface area contributed by atoms with Gasteiger partial charge in [-0.2, -0.15) is 0 Å². The second-order valence-corrected chi connectivity index (χ2v) is 9.79. The summed E-state index contributed by atoms with van der Waals surface area (Å²) in [6, 6.07) is 19.3. The highest BCUT2D eigenvalue weighted by Crippen LogP contribution is 2.27. The van der Waals surface area contributed by atoms with E-state index < -0.39 is 17.4 Å². The molecule has 0 fully saturated rings. The Morgan fingerprint density at radius 2 is 1.82 bits per heavy atom. The number of methoxy groups -OCH3 is 1. The summed E-state index contributed by atoms with van der Waals surface area (Å²) in [7, 11) is 1.57. The lowest BCUT2D eigenvalue weighted by atomic mass is 9.98. The van der Waals surface area contributed by atoms with Crippen LogP contribution in [0.25, 0.3) is 11.0 Å². The number of para-hydroxylation sites is 1. The molecule has 8 nitrogen and oxygen atoms in total. The minimum Gasteiger partial charge on any atom is -0.497 e. The Morgan fingerprint density at radius 1 is 1.08 bits per heavy atom. The zero-order valence-corrected chi connectivity index (χ0v) is 22.0. The highest BCUT2D eigenvalue weighted by Gasteiger charge is 2.34. The Bertz CT molecular complexity index is 1420. The molecular weight excluding hydrogens is 485 g/mol. The van der Waals surface area contributed by atoms with Crippen molar-refractivity contribution in [3.63, 3.8) is 0 Å². The van der Waals surface area contributed by atoms with Crippen molar-refractivity contribution in [3.05, 3.63) is 89.7 Å². The van der Waals surface area contributed by atoms with E-state index in [1.807, 2.05) is 69.3 Å². The largest absolute Gasteiger partial charge is 0.497 e. The molecule has 2 amide bonds. The molecule has 1 aromatic heterocycles. The maximum Gasteiger partial charge on any atom is 0.247 e. The van der Waals surface area contributed by atoms with Gasteiger partial charge in [0.1, 0.15) is 29.7 Å². The number of carbonyl (C=O) groups excluding carboxylic acids is 2. The molecule has 0 saturated heterocycles. The van der Waals surface area contributed by atoms with Gasteiger partial charge >= 0.3 is 0 Å². The minimum absolute atomic E-state index is 0.116. The third-order valence-corrected chi connectivity index (χ3v) is 6.60. The lowest BCUT2D eigenvalue weighted by Crippen LogP contribution is -2.50. The van der Waals surface area contributed by atoms with Crippen molar-refractivity contribution >= 4 is 22.8 Å². The van der Waals surface area contributed by atoms with Gasteiger partial charge in [0, 0.05) is 12.1 Å². The second-order valence-electron chi connectivity index (χ2n) is 9.79. The summed E-state index contributed by atoms with van der Waals surface area (Å²) in [5.41, 5.74) is 2.13. The number of aromatic nitrogens is 3. The van der Waals surface area contributed by atoms with E-state index in [1.165, 1.54) is 33.8 Å². The van der Waals surface area contributed by atoms with Crippen LogP contribution in [0.5, 0.6) is 5.75 Å². The molecule has 4 aromatic rings. The number of ether oxygens (including phenoxy) is 1. The van der Waals surface area contributed by atoms with Crippen LogP contribution >= 0.6 is 0 Å². The van der Waals surface area contributed by atoms with Gasteiger partial charge in [-0.25, -0.2) is 9.07 Å². The third kappa shape index (κ3) is 6.16. The topological polar surface area (TPSA) is 89.4 Å². The quantitative estimate of drug-likeness (QED) is 0.331. The number of rotatable bonds is 10. The first-order valence-electron chi connectivity index (χ1n) is 12.5. The SMILES string of the molecule is CCC(C)(C)NC(=O)[C@H](c1ccc(F)cc1)N(Cc1cccc(OC)c1)C(=O)Cn1nnc2ccccc21. The van der Waals surface area contributed by atoms with Crippen LogP contribution in [0.4, 0.5) is 4.39 Å². The Morgan fingerprint density at radius 3 is 2.53 bits per heavy atom. The highest BCUT2D eigenvalue weighted by atomic mass is 19.1. The molecule has 0 spiro atoms. The average Bonchev–Trinajstić information content (AvgIpc) is 3.32. The van der Waals surface area contributed by atoms with Gasteiger partial charge < -0.3 is 15.0 Å². The Kier molecular flexibility index (Phi) is 8.05. The maximum absolute atomic E-state index is 14.0. The summed E-state index contributed by atoms with van der Waals surface area (Å²) >= 11 is 0. The summed E-state index contributed by atoms with van der Waals surface area (Å²) in [5.74, 6) is -0.501. The van der Waals surface area contributed by atoms with E-state index in [0.29, 0.717) is 28.8 Å². The van der Waals surface area contributed by atoms with Gasteiger partial charge in [0.25, 0.3) is 0 Å². The van der Waals surface area contributed by atoms with Crippen molar-refractivity contribution in [2.45, 2.75) is 51.9 Å². The predicted octanol–water partition coefficient (Wildman–Crippen LogP) is 4.65. The molecule has 1 atom stereocenters. The molecule has 0 radical (unpaired) electrons. The fourth-order valence-corrected chi connectivity index (χ4v) is 4.15. The number of hydrogen-bond acceptors (Lipinski definition) is 5. The zero-order valence-electron chi connectivity index (χ0n) is 22.0. The van der Waals surface area contributed by atoms with E-state index in [4.69, 9.17) is 4.74 Å². The van der Waals surface area contributed by atoms with Gasteiger partial charge in [-0.1, -0.05) is 48.5 Å². The van der Waals surface area contributed by atoms with Crippen LogP contribution in [0.1, 0.15) is 44.4 Å². The first-order chi connectivity index (χ1) is 18.2. The molecular formula is C29H32FN5O3. The van der Waals surface area contributed by atoms with Crippen LogP contribution in [0.2, 0.25) is 0 Å². The third-order valence-electron chi connectivity index (χ3n) is 6.60. The normalized spacial score (nSPS) is 12.2. The minimum atomic E-state index is -1.02. The van der Waals surface area contributed by atoms with Crippen LogP contribution in [0.3, 0.4) is 0 Å². The molecule has 1 N–H and O–H groups in total. The molecule has 0 aliphatic heterocycles. The van der Waals surface area contributed by atoms with Crippen LogP contribution in [-0.4, -0.2) is 44.4 Å². The molecule has 198 valence electrons. The van der Waals surface area contributed by atoms with E-state index in [0.717, 1.165) is 5.56 Å². The second kappa shape index (κ2) is 11.4. The molecule has 0 unspecified atom stereocenters. The fraction of sp³-hybridized carbons (Fsp3) is 0.310. The van der Waals surface area contributed by atoms with Crippen LogP contribution in [-0.2, 0) is 22.7 Å². The van der Waals surface area contributed by atoms with E-state index in [2.05, 4.69) is 15.6 Å². The van der Waals surface area contributed by atoms with Gasteiger partial charge in [0.2, 0.25) is 11.8 Å². The monoisotopic (exact) mass is 517 g/mol. The Labute approximate surface area is 221 Å². The van der Waals surface area contributed by atoms with E-state index in [-0.39, 0.29) is 24.9 Å². The van der Waals surface area contributed by atoms with Crippen molar-refractivity contribution in [2.75, 3.05) is 7.11 Å². The summed E-state index contributed by atoms with van der Waals surface area (Å²) in [5, 5.41) is 11.4. The maximum atomic E-state index is 14.0. The van der Waals surface area contributed by atoms with Gasteiger partial charge in [0.15, 0.2) is 0 Å². The number of amides is 2. The first kappa shape index (κ1) is 26.8. The highest BCUT2D eigenvalue weighted by molar-refractivity contribution is 5.89. The number of benzene rings is 3. The summed E-state index contributed by atoms with van der Waals surface area (Å²) in [6.45, 7) is 5.80. The van der Waals surface area contributed by atoms with E-state index >= 15 is 0 Å². The lowest BCUT2D eigenvalue weighted by molar-refractivity contribution is -0.143. The Hall–Kier alpha value is -4.27. The smallest absolute Gasteiger partial charge is 0.247 e. The Balaban J connectivity index is 1.78. The number of nitrogens with one attached hydrogen (secondary N) is 1. The van der Waals surface area contributed by atoms with Gasteiger partial charge in [-0.05, 0) is 67.8 Å². The fourth-order valence-electron chi connectivity index (χ4n) is 4.15. The van der Waals surface area contributed by atoms with E-state index in [1.54, 1.807) is 7.11 Å². The molecule has 1 heterocycles. The van der Waals surface area contributed by atoms with Crippen molar-refractivity contribution in [1.82, 2.24) is 25.2 Å². The molecule has 0 aliphatic carbocycles. The molecule has 38 heavy (non-hydrogen) atoms. The van der Waals surface area contributed by atoms with Gasteiger partial charge in [0.05, 0.1) is 12.6 Å². The summed E-state index contributed by atoms with van der Waals surface area (Å²) in [6.07, 6.45) is 0.684. The van der Waals surface area contributed by atoms with Gasteiger partial charge in [-0.3, -0.25) is 9.59 Å². The number of fused-ring (bicyclic) bond motifs is 1. The standard InChI is InChI=1S/C29H32FN5O3/c1-5-29(2,3)31-28(37)27(21-13-15-22(30)16-14-21)34(18-20-9-8-10-23(17-20)38-4)26(36)19-35-25-12-7-6-11-24(25)32-33-35/h6-17,27H,5,18-19H2,1-4H3,(H,31,37)/t27-/m0/s1. The summed E-state index contributed by atoms with van der Waals surface area (Å²) < 4.78 is 20.7. The lowest BCUT2D eigenvalue weighted by Gasteiger charge is -2.34. The molecule has 3 aromatic carbocycles. The van der Waals surface area contributed by atoms with Crippen LogP contribution < -0.4 is 10.1 Å². The van der Waals surface area contributed by atoms with Crippen molar-refractivity contribution in [3.8, 4) is 5.75 Å². The molecule has 9 heteroatoms. The zero-order chi connectivity index (χ0) is 27.3. The first-order valence-corrected chi connectivity index (χ1v) is 12.5. The molecule has 0 saturated carbocycles. The van der Waals surface area contributed by atoms with Gasteiger partial charge in [-0.15, -0.1) is 5.10 Å². The van der Waals surface area contributed by atoms with Crippen LogP contribution in [0.15, 0.2) is 72.8 Å². The average molecular weight is 518 g/mol. The van der Waals surface area contributed by atoms with Crippen molar-refractivity contribution in [2.24, 2.45) is 0 Å². The number of nitrogens with zero attached hydrogens (tertiary/aromatic N) is 4. The molecule has 4 rings (SSSR count).